The van der Waals surface area contributed by atoms with Gasteiger partial charge in [0.25, 0.3) is 0 Å². The number of piperidine rings is 1. The summed E-state index contributed by atoms with van der Waals surface area (Å²) in [7, 11) is 0. The summed E-state index contributed by atoms with van der Waals surface area (Å²) in [5.41, 5.74) is 2.51. The maximum absolute atomic E-state index is 5.57. The van der Waals surface area contributed by atoms with Crippen molar-refractivity contribution in [2.45, 2.75) is 25.5 Å². The second kappa shape index (κ2) is 4.09. The van der Waals surface area contributed by atoms with Crippen LogP contribution in [0.4, 0.5) is 0 Å². The number of benzene rings is 1. The lowest BCUT2D eigenvalue weighted by atomic mass is 9.82. The molecule has 18 heavy (non-hydrogen) atoms. The minimum atomic E-state index is 0.590. The summed E-state index contributed by atoms with van der Waals surface area (Å²) in [6, 6.07) is 10.9. The Labute approximate surface area is 107 Å². The van der Waals surface area contributed by atoms with E-state index in [9.17, 15) is 0 Å². The molecule has 4 atom stereocenters. The average Bonchev–Trinajstić information content (AvgIpc) is 2.81. The molecule has 1 aliphatic carbocycles. The van der Waals surface area contributed by atoms with Crippen LogP contribution in [0.1, 0.15) is 18.4 Å². The Kier molecular flexibility index (Phi) is 2.40. The molecule has 0 spiro atoms. The summed E-state index contributed by atoms with van der Waals surface area (Å²) in [5.74, 6) is 1.61. The first-order chi connectivity index (χ1) is 8.90. The van der Waals surface area contributed by atoms with Gasteiger partial charge in [-0.2, -0.15) is 0 Å². The first-order valence-corrected chi connectivity index (χ1v) is 6.88. The second-order valence-electron chi connectivity index (χ2n) is 5.78. The summed E-state index contributed by atoms with van der Waals surface area (Å²) in [4.78, 5) is 8.15. The van der Waals surface area contributed by atoms with Crippen molar-refractivity contribution in [1.29, 1.82) is 0 Å². The zero-order valence-corrected chi connectivity index (χ0v) is 10.5. The van der Waals surface area contributed by atoms with E-state index in [1.54, 1.807) is 0 Å². The molecule has 3 heteroatoms. The van der Waals surface area contributed by atoms with E-state index in [-0.39, 0.29) is 0 Å². The molecule has 4 aliphatic rings. The smallest absolute Gasteiger partial charge is 0.142 e. The van der Waals surface area contributed by atoms with Gasteiger partial charge in [0.05, 0.1) is 11.8 Å². The van der Waals surface area contributed by atoms with Crippen LogP contribution in [0.2, 0.25) is 0 Å². The molecule has 0 radical (unpaired) electrons. The molecule has 5 rings (SSSR count). The highest BCUT2D eigenvalue weighted by molar-refractivity contribution is 5.94. The maximum Gasteiger partial charge on any atom is 0.142 e. The van der Waals surface area contributed by atoms with Crippen LogP contribution in [0.3, 0.4) is 0 Å². The molecule has 1 saturated carbocycles. The lowest BCUT2D eigenvalue weighted by Gasteiger charge is -2.24. The first-order valence-electron chi connectivity index (χ1n) is 6.88. The van der Waals surface area contributed by atoms with Gasteiger partial charge >= 0.3 is 0 Å². The van der Waals surface area contributed by atoms with Crippen LogP contribution < -0.4 is 0 Å². The molecule has 3 aliphatic heterocycles. The van der Waals surface area contributed by atoms with E-state index in [1.807, 2.05) is 18.2 Å². The normalized spacial score (nSPS) is 38.6. The van der Waals surface area contributed by atoms with E-state index in [1.165, 1.54) is 37.2 Å². The van der Waals surface area contributed by atoms with Gasteiger partial charge in [-0.05, 0) is 24.3 Å². The van der Waals surface area contributed by atoms with Crippen molar-refractivity contribution in [3.05, 3.63) is 35.9 Å². The number of nitrogens with zero attached hydrogens (tertiary/aromatic N) is 2. The van der Waals surface area contributed by atoms with Gasteiger partial charge in [0.1, 0.15) is 6.61 Å². The zero-order valence-electron chi connectivity index (χ0n) is 10.5. The van der Waals surface area contributed by atoms with Gasteiger partial charge in [-0.1, -0.05) is 35.5 Å². The Balaban J connectivity index is 1.44. The minimum Gasteiger partial charge on any atom is -0.391 e. The summed E-state index contributed by atoms with van der Waals surface area (Å²) in [6.07, 6.45) is 2.64. The molecule has 3 saturated heterocycles. The predicted octanol–water partition coefficient (Wildman–Crippen LogP) is 2.28. The highest BCUT2D eigenvalue weighted by Gasteiger charge is 2.51. The fraction of sp³-hybridized carbons (Fsp3) is 0.533. The first kappa shape index (κ1) is 10.6. The molecule has 4 fully saturated rings. The molecule has 3 heterocycles. The van der Waals surface area contributed by atoms with E-state index < -0.39 is 0 Å². The highest BCUT2D eigenvalue weighted by Crippen LogP contribution is 2.43. The van der Waals surface area contributed by atoms with Crippen LogP contribution >= 0.6 is 0 Å². The van der Waals surface area contributed by atoms with E-state index in [0.29, 0.717) is 18.6 Å². The third kappa shape index (κ3) is 1.65. The molecule has 0 N–H and O–H groups in total. The number of oxime groups is 1. The van der Waals surface area contributed by atoms with E-state index in [0.717, 1.165) is 5.92 Å². The molecule has 3 nitrogen and oxygen atoms in total. The van der Waals surface area contributed by atoms with E-state index in [4.69, 9.17) is 4.84 Å². The molecular weight excluding hydrogens is 224 g/mol. The van der Waals surface area contributed by atoms with Gasteiger partial charge in [-0.15, -0.1) is 0 Å². The summed E-state index contributed by atoms with van der Waals surface area (Å²) >= 11 is 0. The topological polar surface area (TPSA) is 24.8 Å². The molecule has 4 bridgehead atoms. The molecule has 0 amide bonds. The fourth-order valence-electron chi connectivity index (χ4n) is 3.82. The van der Waals surface area contributed by atoms with Gasteiger partial charge in [0.15, 0.2) is 0 Å². The van der Waals surface area contributed by atoms with Crippen LogP contribution in [0.15, 0.2) is 35.5 Å². The van der Waals surface area contributed by atoms with Crippen LogP contribution in [0.25, 0.3) is 0 Å². The minimum absolute atomic E-state index is 0.590. The zero-order chi connectivity index (χ0) is 11.9. The van der Waals surface area contributed by atoms with Crippen molar-refractivity contribution in [3.63, 3.8) is 0 Å². The molecule has 4 unspecified atom stereocenters. The van der Waals surface area contributed by atoms with Crippen LogP contribution in [0, 0.1) is 11.8 Å². The summed E-state index contributed by atoms with van der Waals surface area (Å²) < 4.78 is 0. The largest absolute Gasteiger partial charge is 0.391 e. The summed E-state index contributed by atoms with van der Waals surface area (Å²) in [5, 5.41) is 4.46. The van der Waals surface area contributed by atoms with Gasteiger partial charge < -0.3 is 4.84 Å². The quantitative estimate of drug-likeness (QED) is 0.760. The van der Waals surface area contributed by atoms with Gasteiger partial charge in [-0.25, -0.2) is 0 Å². The lowest BCUT2D eigenvalue weighted by molar-refractivity contribution is 0.127. The number of rotatable bonds is 3. The van der Waals surface area contributed by atoms with Crippen molar-refractivity contribution in [2.75, 3.05) is 13.1 Å². The molecule has 1 aromatic rings. The van der Waals surface area contributed by atoms with E-state index in [2.05, 4.69) is 22.2 Å². The maximum atomic E-state index is 5.57. The molecule has 1 aromatic carbocycles. The van der Waals surface area contributed by atoms with E-state index >= 15 is 0 Å². The van der Waals surface area contributed by atoms with Crippen LogP contribution in [-0.4, -0.2) is 29.7 Å². The van der Waals surface area contributed by atoms with Crippen LogP contribution in [0.5, 0.6) is 0 Å². The van der Waals surface area contributed by atoms with Gasteiger partial charge in [0.2, 0.25) is 0 Å². The average molecular weight is 242 g/mol. The van der Waals surface area contributed by atoms with Crippen molar-refractivity contribution < 1.29 is 4.84 Å². The Bertz CT molecular complexity index is 467. The predicted molar refractivity (Wildman–Crippen MR) is 70.2 cm³/mol. The fourth-order valence-corrected chi connectivity index (χ4v) is 3.82. The van der Waals surface area contributed by atoms with Crippen molar-refractivity contribution >= 4 is 5.71 Å². The standard InChI is InChI=1S/C15H18N2O/c1-2-4-11(5-3-1)10-18-16-15-13-6-12-7-14(15)17(8-12)9-13/h1-5,12-14H,6-10H2. The molecular formula is C15H18N2O. The third-order valence-corrected chi connectivity index (χ3v) is 4.57. The highest BCUT2D eigenvalue weighted by atomic mass is 16.6. The Morgan fingerprint density at radius 2 is 2.06 bits per heavy atom. The van der Waals surface area contributed by atoms with Crippen molar-refractivity contribution in [1.82, 2.24) is 4.90 Å². The van der Waals surface area contributed by atoms with Crippen molar-refractivity contribution in [3.8, 4) is 0 Å². The number of hydrogen-bond donors (Lipinski definition) is 0. The Morgan fingerprint density at radius 1 is 1.17 bits per heavy atom. The Morgan fingerprint density at radius 3 is 2.89 bits per heavy atom. The lowest BCUT2D eigenvalue weighted by Crippen LogP contribution is -2.28. The Hall–Kier alpha value is -1.35. The second-order valence-corrected chi connectivity index (χ2v) is 5.78. The molecule has 94 valence electrons. The molecule has 0 aromatic heterocycles. The van der Waals surface area contributed by atoms with Gasteiger partial charge in [0, 0.05) is 19.0 Å². The summed E-state index contributed by atoms with van der Waals surface area (Å²) in [6.45, 7) is 3.10. The monoisotopic (exact) mass is 242 g/mol. The van der Waals surface area contributed by atoms with Crippen LogP contribution in [-0.2, 0) is 11.4 Å². The van der Waals surface area contributed by atoms with Crippen molar-refractivity contribution in [2.24, 2.45) is 17.0 Å². The SMILES string of the molecule is c1ccc(CON=C2C3CC4CC2N(C4)C3)cc1. The third-order valence-electron chi connectivity index (χ3n) is 4.57. The van der Waals surface area contributed by atoms with Gasteiger partial charge in [-0.3, -0.25) is 4.90 Å². The number of hydrogen-bond acceptors (Lipinski definition) is 3.